The van der Waals surface area contributed by atoms with Crippen LogP contribution in [0.15, 0.2) is 65.9 Å². The maximum Gasteiger partial charge on any atom is 0.195 e. The van der Waals surface area contributed by atoms with E-state index in [-0.39, 0.29) is 0 Å². The molecule has 0 atom stereocenters. The molecular formula is C22H25N5O2. The Morgan fingerprint density at radius 3 is 2.76 bits per heavy atom. The van der Waals surface area contributed by atoms with Gasteiger partial charge in [0.15, 0.2) is 17.5 Å². The number of hydrogen-bond acceptors (Lipinski definition) is 4. The van der Waals surface area contributed by atoms with Crippen LogP contribution in [-0.2, 0) is 6.42 Å². The Morgan fingerprint density at radius 1 is 1.10 bits per heavy atom. The first-order valence-corrected chi connectivity index (χ1v) is 9.78. The molecular weight excluding hydrogens is 366 g/mol. The summed E-state index contributed by atoms with van der Waals surface area (Å²) in [6.45, 7) is 2.09. The molecule has 7 nitrogen and oxygen atoms in total. The van der Waals surface area contributed by atoms with E-state index < -0.39 is 0 Å². The lowest BCUT2D eigenvalue weighted by Crippen LogP contribution is -2.32. The first kappa shape index (κ1) is 18.9. The standard InChI is InChI=1S/C22H25N5O2/c1-23-22(26-18-8-9-20-21(14-18)29-13-5-12-28-20)24-11-10-17-15-25-27(16-17)19-6-3-2-4-7-19/h2-4,6-9,14-16H,5,10-13H2,1H3,(H2,23,24,26). The molecule has 0 fully saturated rings. The van der Waals surface area contributed by atoms with Crippen LogP contribution in [0.2, 0.25) is 0 Å². The first-order valence-electron chi connectivity index (χ1n) is 9.78. The van der Waals surface area contributed by atoms with E-state index in [2.05, 4.69) is 26.9 Å². The Kier molecular flexibility index (Phi) is 5.95. The highest BCUT2D eigenvalue weighted by molar-refractivity contribution is 5.93. The van der Waals surface area contributed by atoms with Crippen molar-refractivity contribution >= 4 is 11.6 Å². The third-order valence-corrected chi connectivity index (χ3v) is 4.60. The van der Waals surface area contributed by atoms with Crippen molar-refractivity contribution in [1.29, 1.82) is 0 Å². The topological polar surface area (TPSA) is 72.7 Å². The molecule has 0 amide bonds. The molecule has 0 saturated carbocycles. The molecule has 0 saturated heterocycles. The monoisotopic (exact) mass is 391 g/mol. The zero-order chi connectivity index (χ0) is 19.9. The summed E-state index contributed by atoms with van der Waals surface area (Å²) in [6, 6.07) is 15.9. The second kappa shape index (κ2) is 9.14. The minimum absolute atomic E-state index is 0.667. The molecule has 29 heavy (non-hydrogen) atoms. The van der Waals surface area contributed by atoms with Crippen LogP contribution in [0.3, 0.4) is 0 Å². The number of nitrogens with one attached hydrogen (secondary N) is 2. The SMILES string of the molecule is CN=C(NCCc1cnn(-c2ccccc2)c1)Nc1ccc2c(c1)OCCCO2. The van der Waals surface area contributed by atoms with Crippen molar-refractivity contribution in [2.24, 2.45) is 4.99 Å². The van der Waals surface area contributed by atoms with Crippen molar-refractivity contribution in [2.75, 3.05) is 32.1 Å². The fourth-order valence-corrected chi connectivity index (χ4v) is 3.09. The number of rotatable bonds is 5. The molecule has 2 N–H and O–H groups in total. The second-order valence-corrected chi connectivity index (χ2v) is 6.71. The van der Waals surface area contributed by atoms with Crippen LogP contribution in [0.5, 0.6) is 11.5 Å². The van der Waals surface area contributed by atoms with Crippen molar-refractivity contribution in [2.45, 2.75) is 12.8 Å². The summed E-state index contributed by atoms with van der Waals surface area (Å²) >= 11 is 0. The molecule has 2 heterocycles. The zero-order valence-electron chi connectivity index (χ0n) is 16.5. The highest BCUT2D eigenvalue weighted by Crippen LogP contribution is 2.32. The van der Waals surface area contributed by atoms with Crippen molar-refractivity contribution in [3.63, 3.8) is 0 Å². The van der Waals surface area contributed by atoms with Crippen molar-refractivity contribution in [1.82, 2.24) is 15.1 Å². The predicted octanol–water partition coefficient (Wildman–Crippen LogP) is 3.26. The highest BCUT2D eigenvalue weighted by atomic mass is 16.5. The maximum absolute atomic E-state index is 5.75. The van der Waals surface area contributed by atoms with Gasteiger partial charge in [-0.2, -0.15) is 5.10 Å². The molecule has 3 aromatic rings. The van der Waals surface area contributed by atoms with Gasteiger partial charge in [0.1, 0.15) is 0 Å². The Labute approximate surface area is 170 Å². The lowest BCUT2D eigenvalue weighted by Gasteiger charge is -2.13. The minimum Gasteiger partial charge on any atom is -0.490 e. The number of aliphatic imine (C=N–C) groups is 1. The average molecular weight is 391 g/mol. The van der Waals surface area contributed by atoms with Crippen LogP contribution in [0.4, 0.5) is 5.69 Å². The quantitative estimate of drug-likeness (QED) is 0.516. The number of anilines is 1. The number of guanidine groups is 1. The van der Waals surface area contributed by atoms with Crippen LogP contribution in [0.1, 0.15) is 12.0 Å². The largest absolute Gasteiger partial charge is 0.490 e. The summed E-state index contributed by atoms with van der Waals surface area (Å²) < 4.78 is 13.3. The van der Waals surface area contributed by atoms with E-state index in [9.17, 15) is 0 Å². The van der Waals surface area contributed by atoms with E-state index in [1.165, 1.54) is 0 Å². The zero-order valence-corrected chi connectivity index (χ0v) is 16.5. The summed E-state index contributed by atoms with van der Waals surface area (Å²) in [6.07, 6.45) is 5.68. The second-order valence-electron chi connectivity index (χ2n) is 6.71. The van der Waals surface area contributed by atoms with Gasteiger partial charge in [0.2, 0.25) is 0 Å². The van der Waals surface area contributed by atoms with E-state index in [0.29, 0.717) is 19.2 Å². The van der Waals surface area contributed by atoms with E-state index >= 15 is 0 Å². The van der Waals surface area contributed by atoms with Crippen LogP contribution >= 0.6 is 0 Å². The molecule has 150 valence electrons. The van der Waals surface area contributed by atoms with Crippen LogP contribution < -0.4 is 20.1 Å². The van der Waals surface area contributed by atoms with Crippen molar-refractivity contribution in [3.8, 4) is 17.2 Å². The van der Waals surface area contributed by atoms with Crippen molar-refractivity contribution < 1.29 is 9.47 Å². The fourth-order valence-electron chi connectivity index (χ4n) is 3.09. The van der Waals surface area contributed by atoms with Gasteiger partial charge in [-0.15, -0.1) is 0 Å². The van der Waals surface area contributed by atoms with E-state index in [1.54, 1.807) is 7.05 Å². The van der Waals surface area contributed by atoms with Crippen molar-refractivity contribution in [3.05, 3.63) is 66.5 Å². The van der Waals surface area contributed by atoms with Gasteiger partial charge in [-0.25, -0.2) is 4.68 Å². The molecule has 0 unspecified atom stereocenters. The number of ether oxygens (including phenoxy) is 2. The Balaban J connectivity index is 1.31. The normalized spacial score (nSPS) is 13.6. The number of hydrogen-bond donors (Lipinski definition) is 2. The minimum atomic E-state index is 0.667. The molecule has 4 rings (SSSR count). The molecule has 1 aliphatic rings. The summed E-state index contributed by atoms with van der Waals surface area (Å²) in [4.78, 5) is 4.30. The highest BCUT2D eigenvalue weighted by Gasteiger charge is 2.11. The Bertz CT molecular complexity index is 968. The molecule has 2 aromatic carbocycles. The third kappa shape index (κ3) is 4.87. The first-order chi connectivity index (χ1) is 14.3. The van der Waals surface area contributed by atoms with Gasteiger partial charge in [0.25, 0.3) is 0 Å². The predicted molar refractivity (Wildman–Crippen MR) is 114 cm³/mol. The number of para-hydroxylation sites is 1. The van der Waals surface area contributed by atoms with Gasteiger partial charge in [-0.1, -0.05) is 18.2 Å². The Hall–Kier alpha value is -3.48. The smallest absolute Gasteiger partial charge is 0.195 e. The van der Waals surface area contributed by atoms with Gasteiger partial charge in [-0.3, -0.25) is 4.99 Å². The van der Waals surface area contributed by atoms with E-state index in [1.807, 2.05) is 59.4 Å². The van der Waals surface area contributed by atoms with Crippen LogP contribution in [0.25, 0.3) is 5.69 Å². The van der Waals surface area contributed by atoms with Gasteiger partial charge in [-0.05, 0) is 36.2 Å². The number of benzene rings is 2. The molecule has 7 heteroatoms. The van der Waals surface area contributed by atoms with Gasteiger partial charge >= 0.3 is 0 Å². The lowest BCUT2D eigenvalue weighted by atomic mass is 10.2. The molecule has 0 aliphatic carbocycles. The number of nitrogens with zero attached hydrogens (tertiary/aromatic N) is 3. The van der Waals surface area contributed by atoms with E-state index in [0.717, 1.165) is 47.8 Å². The number of aromatic nitrogens is 2. The van der Waals surface area contributed by atoms with Gasteiger partial charge in [0, 0.05) is 38.0 Å². The Morgan fingerprint density at radius 2 is 1.93 bits per heavy atom. The van der Waals surface area contributed by atoms with Gasteiger partial charge < -0.3 is 20.1 Å². The third-order valence-electron chi connectivity index (χ3n) is 4.60. The average Bonchev–Trinajstić information content (AvgIpc) is 3.11. The molecule has 0 spiro atoms. The lowest BCUT2D eigenvalue weighted by molar-refractivity contribution is 0.297. The maximum atomic E-state index is 5.75. The molecule has 0 radical (unpaired) electrons. The summed E-state index contributed by atoms with van der Waals surface area (Å²) in [7, 11) is 1.76. The summed E-state index contributed by atoms with van der Waals surface area (Å²) in [5.41, 5.74) is 3.12. The van der Waals surface area contributed by atoms with Gasteiger partial charge in [0.05, 0.1) is 25.1 Å². The number of fused-ring (bicyclic) bond motifs is 1. The molecule has 1 aromatic heterocycles. The summed E-state index contributed by atoms with van der Waals surface area (Å²) in [5, 5.41) is 11.1. The molecule has 0 bridgehead atoms. The van der Waals surface area contributed by atoms with E-state index in [4.69, 9.17) is 9.47 Å². The van der Waals surface area contributed by atoms with Crippen LogP contribution in [-0.4, -0.2) is 42.5 Å². The summed E-state index contributed by atoms with van der Waals surface area (Å²) in [5.74, 6) is 2.25. The molecule has 1 aliphatic heterocycles. The fraction of sp³-hybridized carbons (Fsp3) is 0.273. The van der Waals surface area contributed by atoms with Crippen LogP contribution in [0, 0.1) is 0 Å².